The average Bonchev–Trinajstić information content (AvgIpc) is 0.812. The van der Waals surface area contributed by atoms with Crippen LogP contribution in [0.3, 0.4) is 0 Å². The van der Waals surface area contributed by atoms with E-state index in [4.69, 9.17) is 36.5 Å². The minimum absolute atomic E-state index is 0.0191. The summed E-state index contributed by atoms with van der Waals surface area (Å²) in [6, 6.07) is 39.3. The summed E-state index contributed by atoms with van der Waals surface area (Å²) in [5, 5.41) is -0.225. The van der Waals surface area contributed by atoms with E-state index >= 15 is 0 Å². The molecule has 9 nitrogen and oxygen atoms in total. The maximum absolute atomic E-state index is 13.5. The molecule has 25 heteroatoms. The molecule has 10 aromatic rings. The van der Waals surface area contributed by atoms with Crippen LogP contribution in [0, 0.1) is 5.82 Å². The van der Waals surface area contributed by atoms with Gasteiger partial charge >= 0.3 is 31.3 Å². The lowest BCUT2D eigenvalue weighted by atomic mass is 9.89. The second-order valence-electron chi connectivity index (χ2n) is 41.1. The molecular weight excluding hydrogens is 1910 g/mol. The Labute approximate surface area is 869 Å². The zero-order chi connectivity index (χ0) is 105. The van der Waals surface area contributed by atoms with E-state index in [9.17, 15) is 65.9 Å². The Bertz CT molecular complexity index is 5390. The molecule has 5 atom stereocenters. The maximum atomic E-state index is 13.5. The number of ether oxygens (including phenoxy) is 1. The normalized spacial score (nSPS) is 15.0. The summed E-state index contributed by atoms with van der Waals surface area (Å²) in [6.07, 6.45) is 47.2. The number of pyridine rings is 6. The van der Waals surface area contributed by atoms with E-state index in [0.717, 1.165) is 278 Å². The van der Waals surface area contributed by atoms with Crippen LogP contribution in [-0.4, -0.2) is 46.5 Å². The standard InChI is InChI=1S/C25H31ClF3N.C25H31F4N.C25H32F3N.C24H32F2N2O.C23H30F3N3/c2*1-2-18(20-14-16-23(26)22(17-20)25(27,28)29)9-5-3-4-6-11-21-15-13-19-10-7-8-12-24(19)30-21;1-2-19(21-12-9-13-22(18-21)25(26,27)28)10-5-3-4-6-14-23-17-16-20-11-7-8-15-24(20)29-23;1-2-18(20-14-16-23(27-17-20)29-24(25)26)9-5-3-4-6-11-21-15-13-19-10-7-8-12-22(19)28-21;1-2-17(19-15-27-22(28-16-19)23(24,25)26)9-5-3-4-6-11-20-14-13-18-10-7-8-12-21(18)29-20/h2*13-18H,2-12H2,1H3;9,12-13,16-19H,2-8,10-11,14-15H2,1H3;13-18,24H,2-12H2,1H3;13-17H,2-12H2,1H3. The van der Waals surface area contributed by atoms with Crippen LogP contribution >= 0.6 is 11.6 Å². The van der Waals surface area contributed by atoms with Gasteiger partial charge in [-0.05, 0) is 403 Å². The van der Waals surface area contributed by atoms with Gasteiger partial charge in [0.1, 0.15) is 5.82 Å². The lowest BCUT2D eigenvalue weighted by Crippen LogP contribution is -2.11. The third kappa shape index (κ3) is 39.8. The highest BCUT2D eigenvalue weighted by molar-refractivity contribution is 6.31. The van der Waals surface area contributed by atoms with Crippen LogP contribution in [0.5, 0.6) is 5.88 Å². The molecule has 5 unspecified atom stereocenters. The van der Waals surface area contributed by atoms with E-state index in [1.807, 2.05) is 26.0 Å². The first kappa shape index (κ1) is 118. The van der Waals surface area contributed by atoms with Gasteiger partial charge in [-0.3, -0.25) is 24.9 Å². The van der Waals surface area contributed by atoms with Gasteiger partial charge in [0.15, 0.2) is 0 Å². The highest BCUT2D eigenvalue weighted by Crippen LogP contribution is 2.42. The molecule has 7 aromatic heterocycles. The van der Waals surface area contributed by atoms with Crippen LogP contribution in [0.1, 0.15) is 456 Å². The Morgan fingerprint density at radius 3 is 0.884 bits per heavy atom. The number of rotatable bonds is 47. The number of benzene rings is 3. The van der Waals surface area contributed by atoms with Gasteiger partial charge < -0.3 is 4.74 Å². The van der Waals surface area contributed by atoms with Gasteiger partial charge in [0, 0.05) is 81.6 Å². The van der Waals surface area contributed by atoms with Crippen molar-refractivity contribution in [2.75, 3.05) is 0 Å². The zero-order valence-electron chi connectivity index (χ0n) is 87.3. The Morgan fingerprint density at radius 2 is 0.578 bits per heavy atom. The lowest BCUT2D eigenvalue weighted by molar-refractivity contribution is -0.145. The van der Waals surface area contributed by atoms with Gasteiger partial charge in [-0.2, -0.15) is 61.5 Å². The fraction of sp³-hybridized carbons (Fsp3) is 0.574. The molecule has 0 bridgehead atoms. The third-order valence-corrected chi connectivity index (χ3v) is 30.7. The molecule has 0 amide bonds. The zero-order valence-corrected chi connectivity index (χ0v) is 88.1. The summed E-state index contributed by atoms with van der Waals surface area (Å²) in [5.74, 6) is -1.25. The third-order valence-electron chi connectivity index (χ3n) is 30.4. The predicted octanol–water partition coefficient (Wildman–Crippen LogP) is 36.9. The fourth-order valence-electron chi connectivity index (χ4n) is 21.6. The minimum atomic E-state index is -4.65. The van der Waals surface area contributed by atoms with E-state index in [2.05, 4.69) is 101 Å². The topological polar surface area (TPSA) is 112 Å². The van der Waals surface area contributed by atoms with Gasteiger partial charge in [-0.1, -0.05) is 209 Å². The first-order valence-electron chi connectivity index (χ1n) is 55.4. The number of halogens is 16. The number of aromatic nitrogens is 8. The molecule has 0 saturated carbocycles. The van der Waals surface area contributed by atoms with Crippen LogP contribution in [0.4, 0.5) is 65.9 Å². The number of hydrogen-bond acceptors (Lipinski definition) is 9. The number of unbranched alkanes of at least 4 members (excludes halogenated alkanes) is 15. The number of hydrogen-bond donors (Lipinski definition) is 0. The molecular formula is C122H156ClF15N8O. The Hall–Kier alpha value is -9.32. The summed E-state index contributed by atoms with van der Waals surface area (Å²) in [6.45, 7) is 7.47. The smallest absolute Gasteiger partial charge is 0.417 e. The van der Waals surface area contributed by atoms with E-state index in [0.29, 0.717) is 11.5 Å². The fourth-order valence-corrected chi connectivity index (χ4v) is 21.8. The SMILES string of the molecule is CCC(CCCCCCc1ccc2c(n1)CCCC2)c1ccc(Cl)c(C(F)(F)F)c1.CCC(CCCCCCc1ccc2c(n1)CCCC2)c1ccc(F)c(C(F)(F)F)c1.CCC(CCCCCCc1ccc2c(n1)CCCC2)c1ccc(OC(F)F)nc1.CCC(CCCCCCc1ccc2c(n1)CCCC2)c1cccc(C(F)(F)F)c1.CCC(CCCCCCc1ccc2c(n1)CCCC2)c1cnc(C(F)(F)F)nc1. The van der Waals surface area contributed by atoms with Crippen molar-refractivity contribution in [1.29, 1.82) is 0 Å². The highest BCUT2D eigenvalue weighted by atomic mass is 35.5. The molecule has 0 spiro atoms. The molecule has 0 aliphatic heterocycles. The Kier molecular flexibility index (Phi) is 49.1. The first-order chi connectivity index (χ1) is 70.9. The van der Waals surface area contributed by atoms with E-state index < -0.39 is 59.6 Å². The van der Waals surface area contributed by atoms with Crippen molar-refractivity contribution in [1.82, 2.24) is 39.9 Å². The quantitative estimate of drug-likeness (QED) is 0.0272. The van der Waals surface area contributed by atoms with Crippen molar-refractivity contribution >= 4 is 11.6 Å². The van der Waals surface area contributed by atoms with Crippen LogP contribution in [0.2, 0.25) is 5.02 Å². The molecule has 7 heterocycles. The van der Waals surface area contributed by atoms with Crippen LogP contribution in [-0.2, 0) is 121 Å². The van der Waals surface area contributed by atoms with E-state index in [1.54, 1.807) is 12.3 Å². The van der Waals surface area contributed by atoms with Gasteiger partial charge in [-0.25, -0.2) is 19.3 Å². The summed E-state index contributed by atoms with van der Waals surface area (Å²) < 4.78 is 197. The van der Waals surface area contributed by atoms with E-state index in [-0.39, 0.29) is 34.6 Å². The van der Waals surface area contributed by atoms with Crippen molar-refractivity contribution in [3.8, 4) is 5.88 Å². The number of aryl methyl sites for hydroxylation is 15. The van der Waals surface area contributed by atoms with Gasteiger partial charge in [-0.15, -0.1) is 0 Å². The molecule has 0 saturated heterocycles. The monoisotopic (exact) mass is 2070 g/mol. The summed E-state index contributed by atoms with van der Waals surface area (Å²) in [7, 11) is 0. The number of nitrogens with zero attached hydrogens (tertiary/aromatic N) is 8. The molecule has 147 heavy (non-hydrogen) atoms. The molecule has 802 valence electrons. The molecule has 5 aliphatic rings. The highest BCUT2D eigenvalue weighted by Gasteiger charge is 2.38. The maximum Gasteiger partial charge on any atom is 0.451 e. The summed E-state index contributed by atoms with van der Waals surface area (Å²) in [4.78, 5) is 35.2. The number of fused-ring (bicyclic) bond motifs is 5. The predicted molar refractivity (Wildman–Crippen MR) is 561 cm³/mol. The van der Waals surface area contributed by atoms with Crippen LogP contribution in [0.15, 0.2) is 152 Å². The second-order valence-corrected chi connectivity index (χ2v) is 41.5. The van der Waals surface area contributed by atoms with Crippen molar-refractivity contribution in [2.45, 2.75) is 449 Å². The summed E-state index contributed by atoms with van der Waals surface area (Å²) >= 11 is 5.75. The van der Waals surface area contributed by atoms with Crippen molar-refractivity contribution in [2.24, 2.45) is 0 Å². The average molecular weight is 2070 g/mol. The lowest BCUT2D eigenvalue weighted by Gasteiger charge is -2.18. The largest absolute Gasteiger partial charge is 0.451 e. The first-order valence-corrected chi connectivity index (χ1v) is 55.8. The van der Waals surface area contributed by atoms with Gasteiger partial charge in [0.2, 0.25) is 11.7 Å². The minimum Gasteiger partial charge on any atom is -0.417 e. The van der Waals surface area contributed by atoms with Crippen LogP contribution in [0.25, 0.3) is 0 Å². The molecule has 5 aliphatic carbocycles. The number of alkyl halides is 14. The van der Waals surface area contributed by atoms with Crippen molar-refractivity contribution in [3.63, 3.8) is 0 Å². The molecule has 15 rings (SSSR count). The molecule has 0 N–H and O–H groups in total. The van der Waals surface area contributed by atoms with Crippen LogP contribution < -0.4 is 4.74 Å². The molecule has 0 radical (unpaired) electrons. The Balaban J connectivity index is 0.000000175. The Morgan fingerprint density at radius 1 is 0.286 bits per heavy atom. The van der Waals surface area contributed by atoms with Gasteiger partial charge in [0.25, 0.3) is 0 Å². The van der Waals surface area contributed by atoms with E-state index in [1.165, 1.54) is 249 Å². The molecule has 3 aromatic carbocycles. The van der Waals surface area contributed by atoms with Crippen molar-refractivity contribution in [3.05, 3.63) is 298 Å². The van der Waals surface area contributed by atoms with Gasteiger partial charge in [0.05, 0.1) is 21.7 Å². The van der Waals surface area contributed by atoms with Crippen molar-refractivity contribution < 1.29 is 70.6 Å². The summed E-state index contributed by atoms with van der Waals surface area (Å²) in [5.41, 5.74) is 21.3. The molecule has 0 fully saturated rings. The second kappa shape index (κ2) is 61.3.